The van der Waals surface area contributed by atoms with Gasteiger partial charge in [0, 0.05) is 58.4 Å². The van der Waals surface area contributed by atoms with Crippen LogP contribution in [0.5, 0.6) is 0 Å². The molecule has 26 heavy (non-hydrogen) atoms. The Hall–Kier alpha value is -1.70. The average molecular weight is 469 g/mol. The van der Waals surface area contributed by atoms with Gasteiger partial charge in [0.1, 0.15) is 0 Å². The van der Waals surface area contributed by atoms with Gasteiger partial charge in [-0.15, -0.1) is 24.0 Å². The van der Waals surface area contributed by atoms with Gasteiger partial charge >= 0.3 is 0 Å². The van der Waals surface area contributed by atoms with Crippen LogP contribution < -0.4 is 15.5 Å². The predicted octanol–water partition coefficient (Wildman–Crippen LogP) is 3.36. The molecule has 1 aromatic heterocycles. The summed E-state index contributed by atoms with van der Waals surface area (Å²) in [4.78, 5) is 6.79. The van der Waals surface area contributed by atoms with Crippen molar-refractivity contribution in [2.24, 2.45) is 4.99 Å². The van der Waals surface area contributed by atoms with Crippen molar-refractivity contribution in [1.29, 1.82) is 0 Å². The number of aryl methyl sites for hydroxylation is 1. The molecule has 0 atom stereocenters. The molecule has 0 aliphatic heterocycles. The number of rotatable bonds is 9. The maximum Gasteiger partial charge on any atom is 0.191 e. The third-order valence-corrected chi connectivity index (χ3v) is 4.02. The molecule has 0 radical (unpaired) electrons. The second-order valence-corrected chi connectivity index (χ2v) is 6.27. The zero-order valence-electron chi connectivity index (χ0n) is 16.1. The van der Waals surface area contributed by atoms with E-state index in [1.54, 1.807) is 0 Å². The largest absolute Gasteiger partial charge is 0.378 e. The third-order valence-electron chi connectivity index (χ3n) is 4.02. The summed E-state index contributed by atoms with van der Waals surface area (Å²) in [6.45, 7) is 5.60. The van der Waals surface area contributed by atoms with Crippen LogP contribution in [-0.2, 0) is 13.0 Å². The van der Waals surface area contributed by atoms with E-state index in [1.165, 1.54) is 11.3 Å². The van der Waals surface area contributed by atoms with Crippen LogP contribution in [0.3, 0.4) is 0 Å². The number of aromatic nitrogens is 1. The molecule has 2 aromatic rings. The van der Waals surface area contributed by atoms with E-state index in [1.807, 2.05) is 12.1 Å². The van der Waals surface area contributed by atoms with Crippen molar-refractivity contribution in [1.82, 2.24) is 15.2 Å². The third kappa shape index (κ3) is 8.12. The topological polar surface area (TPSA) is 44.6 Å². The lowest BCUT2D eigenvalue weighted by Gasteiger charge is -2.13. The summed E-state index contributed by atoms with van der Waals surface area (Å²) in [7, 11) is 4.13. The minimum absolute atomic E-state index is 0. The molecule has 0 spiro atoms. The van der Waals surface area contributed by atoms with Crippen LogP contribution >= 0.6 is 24.0 Å². The van der Waals surface area contributed by atoms with Gasteiger partial charge in [0.15, 0.2) is 5.96 Å². The van der Waals surface area contributed by atoms with Crippen molar-refractivity contribution in [3.63, 3.8) is 0 Å². The maximum atomic E-state index is 4.67. The van der Waals surface area contributed by atoms with E-state index in [0.29, 0.717) is 0 Å². The molecular weight excluding hydrogens is 437 g/mol. The van der Waals surface area contributed by atoms with Crippen molar-refractivity contribution in [3.8, 4) is 0 Å². The summed E-state index contributed by atoms with van der Waals surface area (Å²) < 4.78 is 2.16. The SMILES string of the molecule is CCNC(=NCCCc1ccc(N(C)C)cc1)NCCn1cccc1.I. The number of anilines is 1. The molecule has 0 bridgehead atoms. The summed E-state index contributed by atoms with van der Waals surface area (Å²) in [6, 6.07) is 12.9. The number of benzene rings is 1. The quantitative estimate of drug-likeness (QED) is 0.256. The Kier molecular flexibility index (Phi) is 10.8. The number of hydrogen-bond acceptors (Lipinski definition) is 2. The number of guanidine groups is 1. The number of hydrogen-bond donors (Lipinski definition) is 2. The van der Waals surface area contributed by atoms with E-state index in [2.05, 4.69) is 82.8 Å². The molecule has 0 amide bonds. The van der Waals surface area contributed by atoms with E-state index in [0.717, 1.165) is 45.0 Å². The van der Waals surface area contributed by atoms with Gasteiger partial charge in [-0.3, -0.25) is 4.99 Å². The van der Waals surface area contributed by atoms with Crippen LogP contribution in [0.25, 0.3) is 0 Å². The zero-order chi connectivity index (χ0) is 17.9. The number of nitrogens with one attached hydrogen (secondary N) is 2. The first-order valence-corrected chi connectivity index (χ1v) is 9.08. The summed E-state index contributed by atoms with van der Waals surface area (Å²) in [5.41, 5.74) is 2.61. The molecule has 0 aliphatic carbocycles. The molecule has 2 N–H and O–H groups in total. The normalized spacial score (nSPS) is 11.0. The van der Waals surface area contributed by atoms with Crippen LogP contribution in [-0.4, -0.2) is 44.3 Å². The lowest BCUT2D eigenvalue weighted by atomic mass is 10.1. The minimum Gasteiger partial charge on any atom is -0.378 e. The van der Waals surface area contributed by atoms with Crippen LogP contribution in [0.4, 0.5) is 5.69 Å². The highest BCUT2D eigenvalue weighted by Gasteiger charge is 1.99. The Morgan fingerprint density at radius 1 is 1.08 bits per heavy atom. The molecule has 1 aromatic carbocycles. The Labute approximate surface area is 174 Å². The Balaban J connectivity index is 0.00000338. The molecule has 0 unspecified atom stereocenters. The van der Waals surface area contributed by atoms with Crippen molar-refractivity contribution in [2.75, 3.05) is 38.6 Å². The fourth-order valence-corrected chi connectivity index (χ4v) is 2.60. The Morgan fingerprint density at radius 3 is 2.38 bits per heavy atom. The zero-order valence-corrected chi connectivity index (χ0v) is 18.4. The number of aliphatic imine (C=N–C) groups is 1. The lowest BCUT2D eigenvalue weighted by molar-refractivity contribution is 0.664. The van der Waals surface area contributed by atoms with Gasteiger partial charge in [-0.25, -0.2) is 0 Å². The molecule has 0 saturated heterocycles. The standard InChI is InChI=1S/C20H31N5.HI/c1-4-21-20(23-14-17-25-15-5-6-16-25)22-13-7-8-18-9-11-19(12-10-18)24(2)3;/h5-6,9-12,15-16H,4,7-8,13-14,17H2,1-3H3,(H2,21,22,23);1H. The Bertz CT molecular complexity index is 620. The highest BCUT2D eigenvalue weighted by atomic mass is 127. The summed E-state index contributed by atoms with van der Waals surface area (Å²) in [5.74, 6) is 0.901. The van der Waals surface area contributed by atoms with E-state index in [9.17, 15) is 0 Å². The second kappa shape index (κ2) is 12.6. The number of nitrogens with zero attached hydrogens (tertiary/aromatic N) is 3. The van der Waals surface area contributed by atoms with Gasteiger partial charge in [0.25, 0.3) is 0 Å². The van der Waals surface area contributed by atoms with Crippen LogP contribution in [0, 0.1) is 0 Å². The van der Waals surface area contributed by atoms with E-state index in [-0.39, 0.29) is 24.0 Å². The first kappa shape index (κ1) is 22.3. The molecule has 0 fully saturated rings. The minimum atomic E-state index is 0. The monoisotopic (exact) mass is 469 g/mol. The molecule has 5 nitrogen and oxygen atoms in total. The van der Waals surface area contributed by atoms with Crippen LogP contribution in [0.2, 0.25) is 0 Å². The highest BCUT2D eigenvalue weighted by Crippen LogP contribution is 2.13. The van der Waals surface area contributed by atoms with Crippen LogP contribution in [0.1, 0.15) is 18.9 Å². The van der Waals surface area contributed by atoms with Crippen molar-refractivity contribution >= 4 is 35.6 Å². The van der Waals surface area contributed by atoms with Gasteiger partial charge in [-0.05, 0) is 49.6 Å². The predicted molar refractivity (Wildman–Crippen MR) is 123 cm³/mol. The smallest absolute Gasteiger partial charge is 0.191 e. The molecule has 144 valence electrons. The summed E-state index contributed by atoms with van der Waals surface area (Å²) in [5, 5.41) is 6.70. The number of halogens is 1. The molecule has 0 saturated carbocycles. The van der Waals surface area contributed by atoms with Gasteiger partial charge in [0.2, 0.25) is 0 Å². The lowest BCUT2D eigenvalue weighted by Crippen LogP contribution is -2.38. The van der Waals surface area contributed by atoms with Gasteiger partial charge in [-0.2, -0.15) is 0 Å². The summed E-state index contributed by atoms with van der Waals surface area (Å²) >= 11 is 0. The van der Waals surface area contributed by atoms with Gasteiger partial charge < -0.3 is 20.1 Å². The van der Waals surface area contributed by atoms with Crippen molar-refractivity contribution in [3.05, 3.63) is 54.4 Å². The van der Waals surface area contributed by atoms with E-state index >= 15 is 0 Å². The molecule has 1 heterocycles. The van der Waals surface area contributed by atoms with E-state index < -0.39 is 0 Å². The molecule has 6 heteroatoms. The van der Waals surface area contributed by atoms with Gasteiger partial charge in [0.05, 0.1) is 0 Å². The molecule has 2 rings (SSSR count). The second-order valence-electron chi connectivity index (χ2n) is 6.27. The average Bonchev–Trinajstić information content (AvgIpc) is 3.12. The fourth-order valence-electron chi connectivity index (χ4n) is 2.60. The Morgan fingerprint density at radius 2 is 1.77 bits per heavy atom. The fraction of sp³-hybridized carbons (Fsp3) is 0.450. The highest BCUT2D eigenvalue weighted by molar-refractivity contribution is 14.0. The van der Waals surface area contributed by atoms with Crippen molar-refractivity contribution < 1.29 is 0 Å². The van der Waals surface area contributed by atoms with Gasteiger partial charge in [-0.1, -0.05) is 12.1 Å². The summed E-state index contributed by atoms with van der Waals surface area (Å²) in [6.07, 6.45) is 6.26. The maximum absolute atomic E-state index is 4.67. The van der Waals surface area contributed by atoms with E-state index in [4.69, 9.17) is 0 Å². The molecule has 0 aliphatic rings. The molecular formula is C20H32IN5. The first-order valence-electron chi connectivity index (χ1n) is 9.08. The van der Waals surface area contributed by atoms with Crippen molar-refractivity contribution in [2.45, 2.75) is 26.3 Å². The van der Waals surface area contributed by atoms with Crippen LogP contribution in [0.15, 0.2) is 53.8 Å². The first-order chi connectivity index (χ1) is 12.2.